The van der Waals surface area contributed by atoms with Crippen LogP contribution in [0.25, 0.3) is 0 Å². The molecule has 1 saturated carbocycles. The number of carbonyl (C=O) groups is 1. The van der Waals surface area contributed by atoms with Crippen molar-refractivity contribution in [3.8, 4) is 0 Å². The molecular formula is C28H35N3O10S. The maximum Gasteiger partial charge on any atom is 0.407 e. The van der Waals surface area contributed by atoms with Crippen LogP contribution < -0.4 is 10.0 Å². The number of aliphatic hydroxyl groups excluding tert-OH is 1. The monoisotopic (exact) mass is 605 g/mol. The summed E-state index contributed by atoms with van der Waals surface area (Å²) in [6, 6.07) is 12.6. The Labute approximate surface area is 243 Å². The summed E-state index contributed by atoms with van der Waals surface area (Å²) in [6.07, 6.45) is -1.15. The number of alkyl carbamates (subject to hydrolysis) is 1. The van der Waals surface area contributed by atoms with Crippen LogP contribution in [0.1, 0.15) is 37.7 Å². The zero-order valence-electron chi connectivity index (χ0n) is 22.9. The first-order valence-electron chi connectivity index (χ1n) is 14.0. The molecule has 0 radical (unpaired) electrons. The predicted octanol–water partition coefficient (Wildman–Crippen LogP) is 2.62. The summed E-state index contributed by atoms with van der Waals surface area (Å²) < 4.78 is 51.9. The van der Waals surface area contributed by atoms with Crippen molar-refractivity contribution in [3.05, 3.63) is 70.3 Å². The Morgan fingerprint density at radius 1 is 1.10 bits per heavy atom. The normalized spacial score (nSPS) is 24.5. The molecule has 0 aromatic heterocycles. The van der Waals surface area contributed by atoms with Gasteiger partial charge in [0.2, 0.25) is 10.0 Å². The third-order valence-electron chi connectivity index (χ3n) is 7.82. The van der Waals surface area contributed by atoms with Crippen LogP contribution in [-0.4, -0.2) is 74.6 Å². The number of nitrogens with zero attached hydrogens (tertiary/aromatic N) is 1. The van der Waals surface area contributed by atoms with Crippen molar-refractivity contribution < 1.29 is 42.2 Å². The van der Waals surface area contributed by atoms with E-state index < -0.39 is 57.5 Å². The number of amides is 1. The lowest BCUT2D eigenvalue weighted by molar-refractivity contribution is -0.385. The highest BCUT2D eigenvalue weighted by atomic mass is 32.2. The van der Waals surface area contributed by atoms with E-state index in [1.807, 2.05) is 30.3 Å². The summed E-state index contributed by atoms with van der Waals surface area (Å²) in [5.74, 6) is -0.0894. The summed E-state index contributed by atoms with van der Waals surface area (Å²) in [4.78, 5) is 23.3. The van der Waals surface area contributed by atoms with Crippen LogP contribution in [0.15, 0.2) is 59.5 Å². The zero-order valence-corrected chi connectivity index (χ0v) is 23.7. The average Bonchev–Trinajstić information content (AvgIpc) is 3.73. The minimum absolute atomic E-state index is 0.0894. The fourth-order valence-corrected chi connectivity index (χ4v) is 6.77. The number of nitro groups is 1. The highest BCUT2D eigenvalue weighted by Gasteiger charge is 2.44. The average molecular weight is 606 g/mol. The van der Waals surface area contributed by atoms with Gasteiger partial charge in [0, 0.05) is 12.1 Å². The molecule has 14 heteroatoms. The van der Waals surface area contributed by atoms with Gasteiger partial charge in [0.05, 0.1) is 41.1 Å². The predicted molar refractivity (Wildman–Crippen MR) is 148 cm³/mol. The van der Waals surface area contributed by atoms with Gasteiger partial charge in [-0.05, 0) is 37.3 Å². The van der Waals surface area contributed by atoms with Crippen LogP contribution in [-0.2, 0) is 35.4 Å². The van der Waals surface area contributed by atoms with Gasteiger partial charge in [-0.15, -0.1) is 0 Å². The fraction of sp³-hybridized carbons (Fsp3) is 0.536. The summed E-state index contributed by atoms with van der Waals surface area (Å²) >= 11 is 0. The van der Waals surface area contributed by atoms with Crippen LogP contribution >= 0.6 is 0 Å². The van der Waals surface area contributed by atoms with Crippen molar-refractivity contribution in [3.63, 3.8) is 0 Å². The molecule has 6 atom stereocenters. The second-order valence-electron chi connectivity index (χ2n) is 10.7. The van der Waals surface area contributed by atoms with Crippen molar-refractivity contribution in [1.29, 1.82) is 0 Å². The summed E-state index contributed by atoms with van der Waals surface area (Å²) in [5, 5.41) is 25.6. The van der Waals surface area contributed by atoms with Gasteiger partial charge in [-0.25, -0.2) is 13.2 Å². The second kappa shape index (κ2) is 13.4. The van der Waals surface area contributed by atoms with Gasteiger partial charge in [0.1, 0.15) is 18.4 Å². The first-order chi connectivity index (χ1) is 20.2. The number of rotatable bonds is 12. The molecule has 3 aliphatic rings. The molecule has 2 aromatic rings. The molecule has 228 valence electrons. The molecule has 2 aromatic carbocycles. The molecule has 2 heterocycles. The summed E-state index contributed by atoms with van der Waals surface area (Å²) in [6.45, 7) is 0.697. The number of benzene rings is 2. The molecule has 13 nitrogen and oxygen atoms in total. The number of hydrogen-bond acceptors (Lipinski definition) is 10. The Morgan fingerprint density at radius 3 is 2.60 bits per heavy atom. The number of sulfonamides is 1. The maximum absolute atomic E-state index is 13.4. The van der Waals surface area contributed by atoms with E-state index in [-0.39, 0.29) is 29.9 Å². The summed E-state index contributed by atoms with van der Waals surface area (Å²) in [5.41, 5.74) is 0.375. The first kappa shape index (κ1) is 30.3. The van der Waals surface area contributed by atoms with E-state index in [4.69, 9.17) is 18.9 Å². The molecule has 2 saturated heterocycles. The van der Waals surface area contributed by atoms with E-state index in [1.54, 1.807) is 0 Å². The Kier molecular flexibility index (Phi) is 9.70. The van der Waals surface area contributed by atoms with E-state index in [1.165, 1.54) is 18.2 Å². The lowest BCUT2D eigenvalue weighted by atomic mass is 10.00. The third-order valence-corrected chi connectivity index (χ3v) is 9.24. The highest BCUT2D eigenvalue weighted by molar-refractivity contribution is 7.89. The Bertz CT molecular complexity index is 1340. The van der Waals surface area contributed by atoms with Crippen LogP contribution in [0.4, 0.5) is 10.5 Å². The van der Waals surface area contributed by atoms with Gasteiger partial charge in [-0.3, -0.25) is 10.1 Å². The molecule has 5 rings (SSSR count). The fourth-order valence-electron chi connectivity index (χ4n) is 5.60. The highest BCUT2D eigenvalue weighted by Crippen LogP contribution is 2.33. The molecule has 1 amide bonds. The Morgan fingerprint density at radius 2 is 1.86 bits per heavy atom. The van der Waals surface area contributed by atoms with Gasteiger partial charge >= 0.3 is 6.09 Å². The molecule has 0 bridgehead atoms. The molecule has 3 fully saturated rings. The number of nitro benzene ring substituents is 1. The molecular weight excluding hydrogens is 570 g/mol. The van der Waals surface area contributed by atoms with E-state index >= 15 is 0 Å². The minimum Gasteiger partial charge on any atom is -0.443 e. The molecule has 3 N–H and O–H groups in total. The number of fused-ring (bicyclic) bond motifs is 1. The number of aliphatic hydroxyl groups is 1. The molecule has 42 heavy (non-hydrogen) atoms. The largest absolute Gasteiger partial charge is 0.443 e. The first-order valence-corrected chi connectivity index (χ1v) is 15.5. The van der Waals surface area contributed by atoms with E-state index in [0.717, 1.165) is 24.5 Å². The van der Waals surface area contributed by atoms with Crippen molar-refractivity contribution in [1.82, 2.24) is 10.0 Å². The number of ether oxygens (including phenoxy) is 4. The van der Waals surface area contributed by atoms with Gasteiger partial charge < -0.3 is 29.4 Å². The third kappa shape index (κ3) is 7.43. The Balaban J connectivity index is 1.37. The second-order valence-corrected chi connectivity index (χ2v) is 12.5. The van der Waals surface area contributed by atoms with Crippen molar-refractivity contribution in [2.45, 2.75) is 80.3 Å². The SMILES string of the molecule is O=C(N[C@@H](Cc1ccccc1)[C@@H](O)C(NS(=O)(=O)c1cccc([N+](=O)[O-])c1)OC1CCCC1)OC1COC2OCCC12. The standard InChI is InChI=1S/C28H35N3O10S/c32-25(26(40-20-10-4-5-11-20)30-42(36,37)21-12-6-9-19(16-21)31(34)35)23(15-18-7-2-1-3-8-18)29-28(33)41-24-17-39-27-22(24)13-14-38-27/h1-3,6-9,12,16,20,22-27,30,32H,4-5,10-11,13-15,17H2,(H,29,33)/t22?,23-,24?,25+,26?,27?/m0/s1. The molecule has 4 unspecified atom stereocenters. The Hall–Kier alpha value is -3.14. The number of non-ortho nitro benzene ring substituents is 1. The summed E-state index contributed by atoms with van der Waals surface area (Å²) in [7, 11) is -4.38. The van der Waals surface area contributed by atoms with Gasteiger partial charge in [-0.2, -0.15) is 4.72 Å². The van der Waals surface area contributed by atoms with Gasteiger partial charge in [0.25, 0.3) is 5.69 Å². The van der Waals surface area contributed by atoms with Crippen molar-refractivity contribution in [2.75, 3.05) is 13.2 Å². The van der Waals surface area contributed by atoms with Gasteiger partial charge in [0.15, 0.2) is 6.29 Å². The van der Waals surface area contributed by atoms with E-state index in [2.05, 4.69) is 10.0 Å². The van der Waals surface area contributed by atoms with Crippen molar-refractivity contribution >= 4 is 21.8 Å². The maximum atomic E-state index is 13.4. The van der Waals surface area contributed by atoms with Crippen LogP contribution in [0.3, 0.4) is 0 Å². The van der Waals surface area contributed by atoms with Gasteiger partial charge in [-0.1, -0.05) is 49.2 Å². The van der Waals surface area contributed by atoms with Crippen molar-refractivity contribution in [2.24, 2.45) is 5.92 Å². The van der Waals surface area contributed by atoms with Crippen LogP contribution in [0, 0.1) is 16.0 Å². The minimum atomic E-state index is -4.38. The lowest BCUT2D eigenvalue weighted by Crippen LogP contribution is -2.57. The van der Waals surface area contributed by atoms with E-state index in [9.17, 15) is 28.4 Å². The van der Waals surface area contributed by atoms with E-state index in [0.29, 0.717) is 25.9 Å². The smallest absolute Gasteiger partial charge is 0.407 e. The van der Waals surface area contributed by atoms with Crippen LogP contribution in [0.5, 0.6) is 0 Å². The topological polar surface area (TPSA) is 176 Å². The molecule has 2 aliphatic heterocycles. The number of hydrogen-bond donors (Lipinski definition) is 3. The zero-order chi connectivity index (χ0) is 29.7. The molecule has 0 spiro atoms. The lowest BCUT2D eigenvalue weighted by Gasteiger charge is -2.33. The molecule has 1 aliphatic carbocycles. The number of carbonyl (C=O) groups excluding carboxylic acids is 1. The van der Waals surface area contributed by atoms with Crippen LogP contribution in [0.2, 0.25) is 0 Å². The number of nitrogens with one attached hydrogen (secondary N) is 2. The quantitative estimate of drug-likeness (QED) is 0.185.